The van der Waals surface area contributed by atoms with Crippen LogP contribution in [0.1, 0.15) is 28.8 Å². The number of hydrogen-bond donors (Lipinski definition) is 3. The van der Waals surface area contributed by atoms with E-state index in [9.17, 15) is 39.3 Å². The van der Waals surface area contributed by atoms with Crippen molar-refractivity contribution in [2.75, 3.05) is 17.5 Å². The first-order chi connectivity index (χ1) is 21.3. The van der Waals surface area contributed by atoms with Gasteiger partial charge in [-0.3, -0.25) is 24.1 Å². The van der Waals surface area contributed by atoms with Gasteiger partial charge in [0.25, 0.3) is 11.8 Å². The highest BCUT2D eigenvalue weighted by Gasteiger charge is 2.75. The molecule has 2 aliphatic carbocycles. The number of aromatic carboxylic acids is 1. The molecule has 0 spiro atoms. The van der Waals surface area contributed by atoms with E-state index in [0.717, 1.165) is 21.9 Å². The smallest absolute Gasteiger partial charge is 0.339 e. The molecule has 3 N–H and O–H groups in total. The molecule has 14 heteroatoms. The molecule has 2 saturated heterocycles. The number of rotatable bonds is 6. The fourth-order valence-corrected chi connectivity index (χ4v) is 8.48. The zero-order valence-corrected chi connectivity index (χ0v) is 26.5. The number of alkyl halides is 3. The van der Waals surface area contributed by atoms with Crippen LogP contribution in [0.2, 0.25) is 0 Å². The van der Waals surface area contributed by atoms with Gasteiger partial charge in [-0.2, -0.15) is 0 Å². The van der Waals surface area contributed by atoms with Crippen LogP contribution in [0.25, 0.3) is 6.08 Å². The molecule has 6 rings (SSSR count). The Bertz CT molecular complexity index is 1760. The maximum absolute atomic E-state index is 14.0. The normalized spacial score (nSPS) is 30.8. The van der Waals surface area contributed by atoms with Gasteiger partial charge in [-0.1, -0.05) is 45.8 Å². The highest BCUT2D eigenvalue weighted by Crippen LogP contribution is 2.63. The number of halogens is 3. The van der Waals surface area contributed by atoms with Gasteiger partial charge in [-0.25, -0.2) is 9.69 Å². The Morgan fingerprint density at radius 2 is 1.78 bits per heavy atom. The number of carbonyl (C=O) groups is 5. The quantitative estimate of drug-likeness (QED) is 0.171. The molecule has 0 aromatic heterocycles. The first-order valence-corrected chi connectivity index (χ1v) is 15.7. The van der Waals surface area contributed by atoms with Crippen LogP contribution in [0.3, 0.4) is 0 Å². The summed E-state index contributed by atoms with van der Waals surface area (Å²) in [6.45, 7) is 0. The van der Waals surface area contributed by atoms with Crippen LogP contribution in [-0.2, 0) is 19.2 Å². The standard InChI is InChI=1S/C31H25BrCl2N2O9/c1-45-23-10-14(3-9-21(23)37)2-8-20-16-6-7-18-24(19(16)12-30(33)28(43)35(13-32)29(44)31(20,30)34)26(40)36(25(18)39)15-4-5-17(27(41)42)22(38)11-15/h2-6,8-11,18-20,24,37-38H,7,12-13H2,1H3,(H,41,42)/t18-,19+,20-,24-,30+,31-/m0/s1. The van der Waals surface area contributed by atoms with Gasteiger partial charge in [0.2, 0.25) is 11.8 Å². The fourth-order valence-electron chi connectivity index (χ4n) is 7.10. The summed E-state index contributed by atoms with van der Waals surface area (Å²) in [5.41, 5.74) is 0.612. The number of aromatic hydroxyl groups is 2. The molecular formula is C31H25BrCl2N2O9. The average Bonchev–Trinajstić information content (AvgIpc) is 3.34. The minimum atomic E-state index is -1.97. The number of allylic oxidation sites excluding steroid dienone is 3. The van der Waals surface area contributed by atoms with E-state index >= 15 is 0 Å². The van der Waals surface area contributed by atoms with E-state index in [2.05, 4.69) is 15.9 Å². The van der Waals surface area contributed by atoms with E-state index in [4.69, 9.17) is 27.9 Å². The van der Waals surface area contributed by atoms with Crippen molar-refractivity contribution >= 4 is 80.5 Å². The van der Waals surface area contributed by atoms with E-state index in [1.165, 1.54) is 19.2 Å². The first kappa shape index (κ1) is 31.1. The maximum atomic E-state index is 14.0. The third-order valence-corrected chi connectivity index (χ3v) is 11.2. The van der Waals surface area contributed by atoms with Crippen molar-refractivity contribution < 1.29 is 44.0 Å². The van der Waals surface area contributed by atoms with Crippen LogP contribution >= 0.6 is 39.1 Å². The second-order valence-electron chi connectivity index (χ2n) is 11.3. The zero-order chi connectivity index (χ0) is 32.6. The van der Waals surface area contributed by atoms with Crippen LogP contribution in [-0.4, -0.2) is 72.1 Å². The number of methoxy groups -OCH3 is 1. The summed E-state index contributed by atoms with van der Waals surface area (Å²) in [4.78, 5) is 64.5. The third kappa shape index (κ3) is 4.33. The van der Waals surface area contributed by atoms with Crippen LogP contribution in [0.5, 0.6) is 17.2 Å². The third-order valence-electron chi connectivity index (χ3n) is 9.23. The van der Waals surface area contributed by atoms with Crippen LogP contribution in [0.15, 0.2) is 54.1 Å². The van der Waals surface area contributed by atoms with Crippen molar-refractivity contribution in [1.29, 1.82) is 0 Å². The summed E-state index contributed by atoms with van der Waals surface area (Å²) < 4.78 is 5.20. The highest BCUT2D eigenvalue weighted by atomic mass is 79.9. The van der Waals surface area contributed by atoms with Crippen LogP contribution in [0, 0.1) is 23.7 Å². The molecule has 3 fully saturated rings. The fraction of sp³-hybridized carbons (Fsp3) is 0.323. The number of anilines is 1. The molecule has 0 unspecified atom stereocenters. The minimum Gasteiger partial charge on any atom is -0.507 e. The SMILES string of the molecule is COc1cc(C=C[C@H]2C3=CC[C@@H]4C(=O)N(c5ccc(C(=O)O)c(O)c5)C(=O)[C@@H]4[C@@H]3C[C@@]3(Cl)C(=O)N(CBr)C(=O)[C@@]23Cl)ccc1O. The molecule has 2 aromatic carbocycles. The average molecular weight is 720 g/mol. The summed E-state index contributed by atoms with van der Waals surface area (Å²) in [6.07, 6.45) is 4.98. The van der Waals surface area contributed by atoms with Gasteiger partial charge < -0.3 is 20.1 Å². The Hall–Kier alpha value is -3.87. The molecule has 0 bridgehead atoms. The Balaban J connectivity index is 1.45. The van der Waals surface area contributed by atoms with Gasteiger partial charge in [0.1, 0.15) is 11.3 Å². The Morgan fingerprint density at radius 1 is 1.04 bits per heavy atom. The molecule has 6 atom stereocenters. The Morgan fingerprint density at radius 3 is 2.42 bits per heavy atom. The lowest BCUT2D eigenvalue weighted by atomic mass is 9.57. The van der Waals surface area contributed by atoms with Gasteiger partial charge in [0.15, 0.2) is 21.2 Å². The summed E-state index contributed by atoms with van der Waals surface area (Å²) in [5.74, 6) is -7.99. The summed E-state index contributed by atoms with van der Waals surface area (Å²) in [5, 5.41) is 29.6. The van der Waals surface area contributed by atoms with Crippen molar-refractivity contribution in [1.82, 2.24) is 4.90 Å². The largest absolute Gasteiger partial charge is 0.507 e. The molecule has 2 aromatic rings. The first-order valence-electron chi connectivity index (χ1n) is 13.8. The van der Waals surface area contributed by atoms with E-state index in [1.807, 2.05) is 0 Å². The van der Waals surface area contributed by atoms with Gasteiger partial charge in [-0.15, -0.1) is 23.2 Å². The Kier molecular flexibility index (Phi) is 7.53. The number of phenolic OH excluding ortho intramolecular Hbond substituents is 1. The highest BCUT2D eigenvalue weighted by molar-refractivity contribution is 9.09. The van der Waals surface area contributed by atoms with Gasteiger partial charge in [0, 0.05) is 12.0 Å². The molecule has 4 aliphatic rings. The molecule has 45 heavy (non-hydrogen) atoms. The van der Waals surface area contributed by atoms with E-state index in [1.54, 1.807) is 30.4 Å². The number of fused-ring (bicyclic) bond motifs is 4. The van der Waals surface area contributed by atoms with Gasteiger partial charge in [0.05, 0.1) is 30.1 Å². The molecular weight excluding hydrogens is 695 g/mol. The number of nitrogens with zero attached hydrogens (tertiary/aromatic N) is 2. The van der Waals surface area contributed by atoms with Crippen LogP contribution < -0.4 is 9.64 Å². The number of hydrogen-bond acceptors (Lipinski definition) is 8. The van der Waals surface area contributed by atoms with Crippen molar-refractivity contribution in [3.8, 4) is 17.2 Å². The minimum absolute atomic E-state index is 0.00171. The van der Waals surface area contributed by atoms with Crippen LogP contribution in [0.4, 0.5) is 5.69 Å². The monoisotopic (exact) mass is 718 g/mol. The summed E-state index contributed by atoms with van der Waals surface area (Å²) in [6, 6.07) is 8.03. The maximum Gasteiger partial charge on any atom is 0.339 e. The number of carbonyl (C=O) groups excluding carboxylic acids is 4. The molecule has 0 radical (unpaired) electrons. The van der Waals surface area contributed by atoms with E-state index < -0.39 is 74.3 Å². The number of phenols is 2. The van der Waals surface area contributed by atoms with Crippen molar-refractivity contribution in [2.45, 2.75) is 22.6 Å². The van der Waals surface area contributed by atoms with E-state index in [-0.39, 0.29) is 35.5 Å². The second kappa shape index (κ2) is 10.9. The van der Waals surface area contributed by atoms with Crippen molar-refractivity contribution in [3.05, 3.63) is 65.3 Å². The van der Waals surface area contributed by atoms with E-state index in [0.29, 0.717) is 11.1 Å². The zero-order valence-electron chi connectivity index (χ0n) is 23.4. The number of likely N-dealkylation sites (tertiary alicyclic amines) is 1. The number of imide groups is 2. The van der Waals surface area contributed by atoms with Crippen molar-refractivity contribution in [3.63, 3.8) is 0 Å². The lowest BCUT2D eigenvalue weighted by molar-refractivity contribution is -0.138. The second-order valence-corrected chi connectivity index (χ2v) is 13.1. The molecule has 234 valence electrons. The summed E-state index contributed by atoms with van der Waals surface area (Å²) >= 11 is 17.5. The number of carboxylic acid groups (broad SMARTS) is 1. The van der Waals surface area contributed by atoms with Gasteiger partial charge >= 0.3 is 5.97 Å². The lowest BCUT2D eigenvalue weighted by Gasteiger charge is -2.49. The molecule has 11 nitrogen and oxygen atoms in total. The summed E-state index contributed by atoms with van der Waals surface area (Å²) in [7, 11) is 1.40. The molecule has 4 amide bonds. The van der Waals surface area contributed by atoms with Gasteiger partial charge in [-0.05, 0) is 48.6 Å². The van der Waals surface area contributed by atoms with Crippen molar-refractivity contribution in [2.24, 2.45) is 23.7 Å². The number of benzene rings is 2. The topological polar surface area (TPSA) is 162 Å². The molecule has 1 saturated carbocycles. The molecule has 2 heterocycles. The number of ether oxygens (including phenoxy) is 1. The predicted octanol–water partition coefficient (Wildman–Crippen LogP) is 4.27. The molecule has 2 aliphatic heterocycles. The Labute approximate surface area is 274 Å². The predicted molar refractivity (Wildman–Crippen MR) is 165 cm³/mol. The number of carboxylic acids is 1. The lowest BCUT2D eigenvalue weighted by Crippen LogP contribution is -2.60. The number of amides is 4.